The lowest BCUT2D eigenvalue weighted by atomic mass is 10.2. The molecule has 0 spiro atoms. The Balaban J connectivity index is 1.56. The lowest BCUT2D eigenvalue weighted by molar-refractivity contribution is 0.110. The van der Waals surface area contributed by atoms with Crippen molar-refractivity contribution < 1.29 is 9.47 Å². The molecule has 1 fully saturated rings. The molecule has 3 aromatic rings. The molecule has 0 unspecified atom stereocenters. The van der Waals surface area contributed by atoms with Gasteiger partial charge in [0.15, 0.2) is 6.23 Å². The number of aromatic nitrogens is 3. The molecule has 7 heteroatoms. The van der Waals surface area contributed by atoms with Gasteiger partial charge in [0.05, 0.1) is 32.1 Å². The van der Waals surface area contributed by atoms with Crippen LogP contribution < -0.4 is 9.64 Å². The summed E-state index contributed by atoms with van der Waals surface area (Å²) in [5.74, 6) is 0.824. The number of nitrogens with zero attached hydrogens (tertiary/aromatic N) is 4. The molecule has 0 radical (unpaired) electrons. The van der Waals surface area contributed by atoms with E-state index < -0.39 is 0 Å². The zero-order valence-corrected chi connectivity index (χ0v) is 16.0. The second-order valence-corrected chi connectivity index (χ2v) is 6.97. The Hall–Kier alpha value is -2.38. The van der Waals surface area contributed by atoms with E-state index in [2.05, 4.69) is 43.3 Å². The molecule has 0 N–H and O–H groups in total. The summed E-state index contributed by atoms with van der Waals surface area (Å²) in [5.41, 5.74) is 2.95. The molecule has 1 saturated heterocycles. The van der Waals surface area contributed by atoms with Gasteiger partial charge in [-0.2, -0.15) is 0 Å². The number of benzene rings is 2. The molecule has 0 bridgehead atoms. The molecular formula is C19H19BrN4O2. The van der Waals surface area contributed by atoms with E-state index in [1.165, 1.54) is 0 Å². The quantitative estimate of drug-likeness (QED) is 0.637. The Labute approximate surface area is 160 Å². The smallest absolute Gasteiger partial charge is 0.177 e. The summed E-state index contributed by atoms with van der Waals surface area (Å²) in [6, 6.07) is 16.1. The van der Waals surface area contributed by atoms with Crippen LogP contribution in [0.3, 0.4) is 0 Å². The summed E-state index contributed by atoms with van der Waals surface area (Å²) in [6.07, 6.45) is 1.68. The molecule has 134 valence electrons. The fourth-order valence-electron chi connectivity index (χ4n) is 3.15. The lowest BCUT2D eigenvalue weighted by Gasteiger charge is -2.25. The first-order valence-electron chi connectivity index (χ1n) is 8.40. The molecular weight excluding hydrogens is 396 g/mol. The third kappa shape index (κ3) is 3.45. The molecule has 0 saturated carbocycles. The van der Waals surface area contributed by atoms with Gasteiger partial charge in [0.2, 0.25) is 0 Å². The van der Waals surface area contributed by atoms with Crippen LogP contribution in [0.25, 0.3) is 0 Å². The van der Waals surface area contributed by atoms with Crippen molar-refractivity contribution in [3.63, 3.8) is 0 Å². The molecule has 1 atom stereocenters. The summed E-state index contributed by atoms with van der Waals surface area (Å²) in [4.78, 5) is 2.16. The van der Waals surface area contributed by atoms with Crippen LogP contribution >= 0.6 is 15.9 Å². The minimum atomic E-state index is -0.262. The van der Waals surface area contributed by atoms with E-state index >= 15 is 0 Å². The number of hydrogen-bond donors (Lipinski definition) is 0. The van der Waals surface area contributed by atoms with Crippen molar-refractivity contribution in [3.05, 3.63) is 70.5 Å². The van der Waals surface area contributed by atoms with Crippen LogP contribution in [0.5, 0.6) is 5.75 Å². The first-order chi connectivity index (χ1) is 12.7. The molecule has 4 rings (SSSR count). The lowest BCUT2D eigenvalue weighted by Crippen LogP contribution is -2.24. The molecule has 2 aromatic carbocycles. The number of methoxy groups -OCH3 is 1. The van der Waals surface area contributed by atoms with Crippen molar-refractivity contribution in [3.8, 4) is 5.75 Å². The highest BCUT2D eigenvalue weighted by molar-refractivity contribution is 9.10. The summed E-state index contributed by atoms with van der Waals surface area (Å²) in [6.45, 7) is 2.08. The zero-order chi connectivity index (χ0) is 17.9. The number of rotatable bonds is 5. The van der Waals surface area contributed by atoms with Crippen LogP contribution in [0.1, 0.15) is 17.5 Å². The first kappa shape index (κ1) is 17.1. The summed E-state index contributed by atoms with van der Waals surface area (Å²) in [5, 5.41) is 8.61. The van der Waals surface area contributed by atoms with Crippen molar-refractivity contribution in [1.82, 2.24) is 15.0 Å². The van der Waals surface area contributed by atoms with Gasteiger partial charge in [-0.15, -0.1) is 5.10 Å². The van der Waals surface area contributed by atoms with Gasteiger partial charge in [0.25, 0.3) is 0 Å². The maximum Gasteiger partial charge on any atom is 0.177 e. The first-order valence-corrected chi connectivity index (χ1v) is 9.19. The van der Waals surface area contributed by atoms with Gasteiger partial charge in [0, 0.05) is 11.0 Å². The second kappa shape index (κ2) is 7.47. The molecule has 26 heavy (non-hydrogen) atoms. The molecule has 2 heterocycles. The summed E-state index contributed by atoms with van der Waals surface area (Å²) < 4.78 is 14.3. The fraction of sp³-hybridized carbons (Fsp3) is 0.263. The Morgan fingerprint density at radius 3 is 2.96 bits per heavy atom. The van der Waals surface area contributed by atoms with Gasteiger partial charge in [-0.1, -0.05) is 45.4 Å². The van der Waals surface area contributed by atoms with Crippen LogP contribution in [0.2, 0.25) is 0 Å². The number of halogens is 1. The monoisotopic (exact) mass is 414 g/mol. The average Bonchev–Trinajstić information content (AvgIpc) is 3.30. The van der Waals surface area contributed by atoms with Gasteiger partial charge in [-0.3, -0.25) is 0 Å². The molecule has 0 aliphatic carbocycles. The van der Waals surface area contributed by atoms with Gasteiger partial charge in [0.1, 0.15) is 11.4 Å². The van der Waals surface area contributed by atoms with Crippen molar-refractivity contribution in [2.75, 3.05) is 25.2 Å². The Bertz CT molecular complexity index is 899. The van der Waals surface area contributed by atoms with E-state index in [0.29, 0.717) is 13.2 Å². The van der Waals surface area contributed by atoms with Crippen molar-refractivity contribution >= 4 is 21.6 Å². The molecule has 0 amide bonds. The fourth-order valence-corrected chi connectivity index (χ4v) is 3.60. The highest BCUT2D eigenvalue weighted by atomic mass is 79.9. The van der Waals surface area contributed by atoms with Crippen molar-refractivity contribution in [2.24, 2.45) is 0 Å². The van der Waals surface area contributed by atoms with E-state index in [0.717, 1.165) is 33.7 Å². The third-order valence-corrected chi connectivity index (χ3v) is 4.82. The average molecular weight is 415 g/mol. The maximum absolute atomic E-state index is 5.94. The van der Waals surface area contributed by atoms with Crippen LogP contribution in [0.4, 0.5) is 5.69 Å². The van der Waals surface area contributed by atoms with E-state index in [-0.39, 0.29) is 6.23 Å². The standard InChI is InChI=1S/C19H19BrN4O2/c1-25-18-8-3-2-7-17(18)24-9-10-26-19(24)16-13-23(22-21-16)12-14-5-4-6-15(20)11-14/h2-8,11,13,19H,9-10,12H2,1H3/t19-/m1/s1. The number of ether oxygens (including phenoxy) is 2. The summed E-state index contributed by atoms with van der Waals surface area (Å²) >= 11 is 3.50. The highest BCUT2D eigenvalue weighted by Crippen LogP contribution is 2.36. The minimum absolute atomic E-state index is 0.262. The second-order valence-electron chi connectivity index (χ2n) is 6.06. The zero-order valence-electron chi connectivity index (χ0n) is 14.4. The predicted molar refractivity (Wildman–Crippen MR) is 102 cm³/mol. The Morgan fingerprint density at radius 2 is 2.12 bits per heavy atom. The van der Waals surface area contributed by atoms with Crippen LogP contribution in [-0.2, 0) is 11.3 Å². The van der Waals surface area contributed by atoms with E-state index in [4.69, 9.17) is 9.47 Å². The molecule has 6 nitrogen and oxygen atoms in total. The SMILES string of the molecule is COc1ccccc1N1CCO[C@@H]1c1cn(Cc2cccc(Br)c2)nn1. The topological polar surface area (TPSA) is 52.4 Å². The highest BCUT2D eigenvalue weighted by Gasteiger charge is 2.31. The van der Waals surface area contributed by atoms with E-state index in [9.17, 15) is 0 Å². The largest absolute Gasteiger partial charge is 0.495 e. The van der Waals surface area contributed by atoms with E-state index in [1.807, 2.05) is 47.3 Å². The van der Waals surface area contributed by atoms with Gasteiger partial charge in [-0.05, 0) is 29.8 Å². The van der Waals surface area contributed by atoms with Crippen LogP contribution in [0.15, 0.2) is 59.2 Å². The number of para-hydroxylation sites is 2. The van der Waals surface area contributed by atoms with E-state index in [1.54, 1.807) is 7.11 Å². The number of anilines is 1. The van der Waals surface area contributed by atoms with Crippen molar-refractivity contribution in [1.29, 1.82) is 0 Å². The number of hydrogen-bond acceptors (Lipinski definition) is 5. The minimum Gasteiger partial charge on any atom is -0.495 e. The van der Waals surface area contributed by atoms with Crippen LogP contribution in [-0.4, -0.2) is 35.3 Å². The van der Waals surface area contributed by atoms with Gasteiger partial charge >= 0.3 is 0 Å². The van der Waals surface area contributed by atoms with Gasteiger partial charge in [-0.25, -0.2) is 4.68 Å². The summed E-state index contributed by atoms with van der Waals surface area (Å²) in [7, 11) is 1.68. The predicted octanol–water partition coefficient (Wildman–Crippen LogP) is 3.63. The molecule has 1 aliphatic rings. The Kier molecular flexibility index (Phi) is 4.90. The van der Waals surface area contributed by atoms with Gasteiger partial charge < -0.3 is 14.4 Å². The normalized spacial score (nSPS) is 16.8. The third-order valence-electron chi connectivity index (χ3n) is 4.33. The Morgan fingerprint density at radius 1 is 1.23 bits per heavy atom. The van der Waals surface area contributed by atoms with Crippen molar-refractivity contribution in [2.45, 2.75) is 12.8 Å². The molecule has 1 aromatic heterocycles. The molecule has 1 aliphatic heterocycles. The van der Waals surface area contributed by atoms with Crippen LogP contribution in [0, 0.1) is 0 Å². The maximum atomic E-state index is 5.94.